The van der Waals surface area contributed by atoms with Crippen LogP contribution < -0.4 is 0 Å². The van der Waals surface area contributed by atoms with Crippen LogP contribution in [0.25, 0.3) is 46.4 Å². The van der Waals surface area contributed by atoms with E-state index in [9.17, 15) is 0 Å². The molecule has 1 unspecified atom stereocenters. The molecule has 0 radical (unpaired) electrons. The highest BCUT2D eigenvalue weighted by Gasteiger charge is 2.17. The number of halogens is 4. The van der Waals surface area contributed by atoms with Crippen LogP contribution in [0.4, 0.5) is 0 Å². The number of hydrogen-bond donors (Lipinski definition) is 2. The lowest BCUT2D eigenvalue weighted by Gasteiger charge is -2.25. The first-order valence-electron chi connectivity index (χ1n) is 10.3. The molecule has 2 N–H and O–H groups in total. The van der Waals surface area contributed by atoms with Gasteiger partial charge in [-0.05, 0) is 79.0 Å². The second-order valence-electron chi connectivity index (χ2n) is 7.97. The molecule has 0 saturated heterocycles. The van der Waals surface area contributed by atoms with E-state index in [4.69, 9.17) is 4.98 Å². The summed E-state index contributed by atoms with van der Waals surface area (Å²) in [6, 6.07) is 14.9. The average molecular weight is 549 g/mol. The molecule has 0 saturated carbocycles. The highest BCUT2D eigenvalue weighted by molar-refractivity contribution is 5.86. The van der Waals surface area contributed by atoms with Crippen LogP contribution in [0.1, 0.15) is 34.4 Å². The van der Waals surface area contributed by atoms with E-state index >= 15 is 0 Å². The number of aromatic nitrogens is 4. The number of aromatic amines is 2. The Bertz CT molecular complexity index is 1480. The van der Waals surface area contributed by atoms with E-state index in [0.29, 0.717) is 0 Å². The highest BCUT2D eigenvalue weighted by Crippen LogP contribution is 2.29. The molecule has 0 aliphatic carbocycles. The summed E-state index contributed by atoms with van der Waals surface area (Å²) in [5.74, 6) is 0. The molecule has 6 rings (SSSR count). The van der Waals surface area contributed by atoms with Gasteiger partial charge in [0.1, 0.15) is 0 Å². The maximum Gasteiger partial charge on any atom is 0.0741 e. The number of fused-ring (bicyclic) bond motifs is 8. The van der Waals surface area contributed by atoms with E-state index in [0.717, 1.165) is 44.8 Å². The van der Waals surface area contributed by atoms with E-state index < -0.39 is 0 Å². The van der Waals surface area contributed by atoms with Crippen LogP contribution in [0.15, 0.2) is 66.9 Å². The Labute approximate surface area is 228 Å². The molecule has 9 heteroatoms. The largest absolute Gasteiger partial charge is 0.370 e. The molecule has 8 bridgehead atoms. The molecule has 5 nitrogen and oxygen atoms in total. The van der Waals surface area contributed by atoms with Crippen molar-refractivity contribution in [1.82, 2.24) is 24.8 Å². The molecular weight excluding hydrogens is 524 g/mol. The third-order valence-corrected chi connectivity index (χ3v) is 5.68. The van der Waals surface area contributed by atoms with Gasteiger partial charge in [-0.15, -0.1) is 49.6 Å². The molecule has 3 aromatic heterocycles. The maximum atomic E-state index is 4.78. The van der Waals surface area contributed by atoms with Crippen molar-refractivity contribution in [3.63, 3.8) is 0 Å². The quantitative estimate of drug-likeness (QED) is 0.229. The molecule has 0 fully saturated rings. The van der Waals surface area contributed by atoms with Gasteiger partial charge in [0, 0.05) is 34.7 Å². The van der Waals surface area contributed by atoms with Crippen LogP contribution in [0.3, 0.4) is 0 Å². The summed E-state index contributed by atoms with van der Waals surface area (Å²) < 4.78 is 0. The van der Waals surface area contributed by atoms with E-state index in [1.165, 1.54) is 5.56 Å². The van der Waals surface area contributed by atoms with E-state index in [2.05, 4.69) is 87.7 Å². The van der Waals surface area contributed by atoms with Crippen molar-refractivity contribution < 1.29 is 0 Å². The van der Waals surface area contributed by atoms with Gasteiger partial charge < -0.3 is 14.9 Å². The van der Waals surface area contributed by atoms with E-state index in [1.807, 2.05) is 30.4 Å². The van der Waals surface area contributed by atoms with E-state index in [-0.39, 0.29) is 55.7 Å². The summed E-state index contributed by atoms with van der Waals surface area (Å²) >= 11 is 0. The van der Waals surface area contributed by atoms with Crippen molar-refractivity contribution in [3.8, 4) is 0 Å². The Kier molecular flexibility index (Phi) is 9.41. The van der Waals surface area contributed by atoms with Gasteiger partial charge in [0.05, 0.1) is 28.8 Å². The van der Waals surface area contributed by atoms with Gasteiger partial charge in [0.25, 0.3) is 0 Å². The van der Waals surface area contributed by atoms with Gasteiger partial charge in [-0.2, -0.15) is 0 Å². The summed E-state index contributed by atoms with van der Waals surface area (Å²) in [6.45, 7) is 0. The number of likely N-dealkylation sites (N-methyl/N-ethyl adjacent to an activating group) is 1. The van der Waals surface area contributed by atoms with Crippen molar-refractivity contribution in [2.24, 2.45) is 0 Å². The molecule has 182 valence electrons. The Morgan fingerprint density at radius 3 is 1.91 bits per heavy atom. The number of allylic oxidation sites excluding steroid dienone is 2. The van der Waals surface area contributed by atoms with Crippen LogP contribution in [0.2, 0.25) is 0 Å². The lowest BCUT2D eigenvalue weighted by Crippen LogP contribution is -2.18. The van der Waals surface area contributed by atoms with Gasteiger partial charge in [-0.1, -0.05) is 12.2 Å². The molecular formula is C26H25Cl4N5. The fourth-order valence-electron chi connectivity index (χ4n) is 4.19. The summed E-state index contributed by atoms with van der Waals surface area (Å²) in [7, 11) is 2.10. The van der Waals surface area contributed by atoms with Crippen molar-refractivity contribution in [2.75, 3.05) is 7.05 Å². The normalized spacial score (nSPS) is 15.0. The minimum Gasteiger partial charge on any atom is -0.370 e. The standard InChI is InChI=1S/C26H21N5.4ClH/c1-31-11-3-2-4-26(31)24-15-23-14-21-8-7-19(28-21)12-17-5-6-18(27-17)13-20-9-10-22(29-20)16-25(24)30-23;;;;/h2-16,26,28,30H,1H3;4*1H. The Morgan fingerprint density at radius 1 is 0.657 bits per heavy atom. The number of hydrogen-bond acceptors (Lipinski definition) is 3. The van der Waals surface area contributed by atoms with Crippen molar-refractivity contribution in [2.45, 2.75) is 6.04 Å². The number of H-pyrrole nitrogens is 2. The summed E-state index contributed by atoms with van der Waals surface area (Å²) in [5, 5.41) is 0. The second-order valence-corrected chi connectivity index (χ2v) is 7.97. The minimum atomic E-state index is 0. The summed E-state index contributed by atoms with van der Waals surface area (Å²) in [6.07, 6.45) is 16.6. The molecule has 0 spiro atoms. The first-order chi connectivity index (χ1) is 15.2. The minimum absolute atomic E-state index is 0. The third-order valence-electron chi connectivity index (χ3n) is 5.68. The zero-order valence-electron chi connectivity index (χ0n) is 18.7. The molecule has 0 aromatic carbocycles. The molecule has 0 amide bonds. The fraction of sp³-hybridized carbons (Fsp3) is 0.0769. The van der Waals surface area contributed by atoms with Gasteiger partial charge in [-0.25, -0.2) is 9.97 Å². The lowest BCUT2D eigenvalue weighted by molar-refractivity contribution is 0.392. The first-order valence-corrected chi connectivity index (χ1v) is 10.3. The zero-order valence-corrected chi connectivity index (χ0v) is 22.0. The van der Waals surface area contributed by atoms with Gasteiger partial charge in [0.15, 0.2) is 0 Å². The predicted octanol–water partition coefficient (Wildman–Crippen LogP) is 7.40. The molecule has 35 heavy (non-hydrogen) atoms. The first kappa shape index (κ1) is 28.3. The molecule has 6 heterocycles. The fourth-order valence-corrected chi connectivity index (χ4v) is 4.19. The van der Waals surface area contributed by atoms with Crippen LogP contribution in [-0.2, 0) is 0 Å². The molecule has 3 aliphatic rings. The molecule has 3 aliphatic heterocycles. The second kappa shape index (κ2) is 11.6. The van der Waals surface area contributed by atoms with E-state index in [1.54, 1.807) is 0 Å². The smallest absolute Gasteiger partial charge is 0.0741 e. The average Bonchev–Trinajstić information content (AvgIpc) is 3.53. The number of rotatable bonds is 1. The Morgan fingerprint density at radius 2 is 1.26 bits per heavy atom. The Balaban J connectivity index is 0.00000108. The topological polar surface area (TPSA) is 60.6 Å². The number of nitrogens with one attached hydrogen (secondary N) is 2. The monoisotopic (exact) mass is 547 g/mol. The van der Waals surface area contributed by atoms with Crippen molar-refractivity contribution in [1.29, 1.82) is 0 Å². The molecule has 3 aromatic rings. The van der Waals surface area contributed by atoms with Gasteiger partial charge >= 0.3 is 0 Å². The summed E-state index contributed by atoms with van der Waals surface area (Å²) in [5.41, 5.74) is 9.05. The van der Waals surface area contributed by atoms with Crippen molar-refractivity contribution in [3.05, 3.63) is 95.2 Å². The predicted molar refractivity (Wildman–Crippen MR) is 157 cm³/mol. The van der Waals surface area contributed by atoms with Crippen LogP contribution in [-0.4, -0.2) is 31.9 Å². The van der Waals surface area contributed by atoms with Crippen LogP contribution in [0, 0.1) is 0 Å². The third kappa shape index (κ3) is 5.82. The van der Waals surface area contributed by atoms with Gasteiger partial charge in [-0.3, -0.25) is 0 Å². The van der Waals surface area contributed by atoms with Crippen molar-refractivity contribution >= 4 is 96.0 Å². The zero-order chi connectivity index (χ0) is 20.8. The highest BCUT2D eigenvalue weighted by atomic mass is 35.5. The molecule has 1 atom stereocenters. The van der Waals surface area contributed by atoms with Crippen LogP contribution in [0.5, 0.6) is 0 Å². The van der Waals surface area contributed by atoms with Gasteiger partial charge in [0.2, 0.25) is 0 Å². The summed E-state index contributed by atoms with van der Waals surface area (Å²) in [4.78, 5) is 18.7. The lowest BCUT2D eigenvalue weighted by atomic mass is 10.0. The maximum absolute atomic E-state index is 4.78. The SMILES string of the molecule is CN1C=CC=CC1c1cc2cc3ccc(cc4nc(cc5nc(cc1[nH]2)C=C5)C=C4)[nH]3.Cl.Cl.Cl.Cl. The number of nitrogens with zero attached hydrogens (tertiary/aromatic N) is 3. The van der Waals surface area contributed by atoms with Crippen LogP contribution >= 0.6 is 49.6 Å². The Hall–Kier alpha value is -2.96.